The molecule has 2 atom stereocenters. The van der Waals surface area contributed by atoms with Gasteiger partial charge in [-0.1, -0.05) is 20.3 Å². The summed E-state index contributed by atoms with van der Waals surface area (Å²) in [6.45, 7) is 9.08. The summed E-state index contributed by atoms with van der Waals surface area (Å²) in [5.41, 5.74) is 5.84. The van der Waals surface area contributed by atoms with Crippen LogP contribution in [0.3, 0.4) is 0 Å². The molecule has 0 aromatic heterocycles. The number of hydrogen-bond donors (Lipinski definition) is 1. The van der Waals surface area contributed by atoms with Crippen LogP contribution in [0.15, 0.2) is 0 Å². The lowest BCUT2D eigenvalue weighted by molar-refractivity contribution is 0.107. The zero-order valence-electron chi connectivity index (χ0n) is 9.29. The van der Waals surface area contributed by atoms with Crippen LogP contribution in [0.2, 0.25) is 0 Å². The van der Waals surface area contributed by atoms with Crippen LogP contribution in [0.5, 0.6) is 0 Å². The van der Waals surface area contributed by atoms with Gasteiger partial charge in [0.2, 0.25) is 0 Å². The fraction of sp³-hybridized carbons (Fsp3) is 1.00. The molecule has 1 heterocycles. The minimum atomic E-state index is 0.319. The molecule has 0 aromatic rings. The maximum Gasteiger partial charge on any atom is 0.0139 e. The molecule has 1 fully saturated rings. The Hall–Kier alpha value is -0.0800. The van der Waals surface area contributed by atoms with Crippen LogP contribution in [-0.4, -0.2) is 30.1 Å². The van der Waals surface area contributed by atoms with Crippen molar-refractivity contribution < 1.29 is 0 Å². The number of nitrogens with two attached hydrogens (primary N) is 1. The van der Waals surface area contributed by atoms with Crippen molar-refractivity contribution in [1.29, 1.82) is 0 Å². The second-order valence-corrected chi connectivity index (χ2v) is 4.78. The van der Waals surface area contributed by atoms with Gasteiger partial charge in [0.15, 0.2) is 0 Å². The second kappa shape index (κ2) is 4.97. The summed E-state index contributed by atoms with van der Waals surface area (Å²) in [4.78, 5) is 2.58. The summed E-state index contributed by atoms with van der Waals surface area (Å²) in [7, 11) is 0. The summed E-state index contributed by atoms with van der Waals surface area (Å²) >= 11 is 0. The van der Waals surface area contributed by atoms with E-state index in [9.17, 15) is 0 Å². The average molecular weight is 184 g/mol. The molecule has 0 aromatic carbocycles. The standard InChI is InChI=1S/C11H24N2/c1-9(2)11-6-4-5-7-13(11)8-10(3)12/h9-11H,4-8,12H2,1-3H3/t10-,11?/m0/s1. The van der Waals surface area contributed by atoms with Gasteiger partial charge in [-0.3, -0.25) is 4.90 Å². The molecule has 1 aliphatic heterocycles. The van der Waals surface area contributed by atoms with Crippen molar-refractivity contribution in [3.05, 3.63) is 0 Å². The molecular weight excluding hydrogens is 160 g/mol. The van der Waals surface area contributed by atoms with E-state index in [4.69, 9.17) is 5.73 Å². The molecule has 1 unspecified atom stereocenters. The molecule has 78 valence electrons. The Labute approximate surface area is 82.5 Å². The maximum absolute atomic E-state index is 5.84. The Morgan fingerprint density at radius 1 is 1.31 bits per heavy atom. The highest BCUT2D eigenvalue weighted by molar-refractivity contribution is 4.80. The van der Waals surface area contributed by atoms with Crippen molar-refractivity contribution in [2.45, 2.75) is 52.1 Å². The van der Waals surface area contributed by atoms with E-state index >= 15 is 0 Å². The lowest BCUT2D eigenvalue weighted by Gasteiger charge is -2.39. The van der Waals surface area contributed by atoms with Crippen LogP contribution in [-0.2, 0) is 0 Å². The van der Waals surface area contributed by atoms with Crippen molar-refractivity contribution >= 4 is 0 Å². The molecule has 0 radical (unpaired) electrons. The van der Waals surface area contributed by atoms with Crippen molar-refractivity contribution in [1.82, 2.24) is 4.90 Å². The van der Waals surface area contributed by atoms with Gasteiger partial charge < -0.3 is 5.73 Å². The fourth-order valence-corrected chi connectivity index (χ4v) is 2.37. The molecule has 13 heavy (non-hydrogen) atoms. The smallest absolute Gasteiger partial charge is 0.0139 e. The van der Waals surface area contributed by atoms with E-state index in [1.165, 1.54) is 25.8 Å². The largest absolute Gasteiger partial charge is 0.327 e. The maximum atomic E-state index is 5.84. The highest BCUT2D eigenvalue weighted by atomic mass is 15.2. The molecule has 0 bridgehead atoms. The highest BCUT2D eigenvalue weighted by Crippen LogP contribution is 2.22. The van der Waals surface area contributed by atoms with Crippen LogP contribution in [0, 0.1) is 5.92 Å². The zero-order chi connectivity index (χ0) is 9.84. The normalized spacial score (nSPS) is 27.9. The third-order valence-corrected chi connectivity index (χ3v) is 2.96. The van der Waals surface area contributed by atoms with Gasteiger partial charge in [-0.2, -0.15) is 0 Å². The first kappa shape index (κ1) is 11.0. The topological polar surface area (TPSA) is 29.3 Å². The van der Waals surface area contributed by atoms with Crippen molar-refractivity contribution in [2.24, 2.45) is 11.7 Å². The summed E-state index contributed by atoms with van der Waals surface area (Å²) < 4.78 is 0. The lowest BCUT2D eigenvalue weighted by Crippen LogP contribution is -2.47. The first-order valence-electron chi connectivity index (χ1n) is 5.61. The summed E-state index contributed by atoms with van der Waals surface area (Å²) in [6, 6.07) is 1.10. The molecule has 2 N–H and O–H groups in total. The Morgan fingerprint density at radius 3 is 2.54 bits per heavy atom. The molecule has 0 saturated carbocycles. The lowest BCUT2D eigenvalue weighted by atomic mass is 9.92. The van der Waals surface area contributed by atoms with Gasteiger partial charge in [0.05, 0.1) is 0 Å². The SMILES string of the molecule is CC(C)C1CCCCN1C[C@H](C)N. The average Bonchev–Trinajstić information content (AvgIpc) is 2.03. The monoisotopic (exact) mass is 184 g/mol. The number of likely N-dealkylation sites (tertiary alicyclic amines) is 1. The van der Waals surface area contributed by atoms with Gasteiger partial charge in [-0.25, -0.2) is 0 Å². The number of nitrogens with zero attached hydrogens (tertiary/aromatic N) is 1. The Bertz CT molecular complexity index is 143. The van der Waals surface area contributed by atoms with Crippen LogP contribution < -0.4 is 5.73 Å². The van der Waals surface area contributed by atoms with Crippen molar-refractivity contribution in [3.8, 4) is 0 Å². The molecule has 0 spiro atoms. The number of hydrogen-bond acceptors (Lipinski definition) is 2. The molecule has 0 amide bonds. The third-order valence-electron chi connectivity index (χ3n) is 2.96. The van der Waals surface area contributed by atoms with Gasteiger partial charge in [-0.15, -0.1) is 0 Å². The fourth-order valence-electron chi connectivity index (χ4n) is 2.37. The van der Waals surface area contributed by atoms with Crippen LogP contribution in [0.25, 0.3) is 0 Å². The third kappa shape index (κ3) is 3.28. The molecule has 1 rings (SSSR count). The Kier molecular flexibility index (Phi) is 4.20. The minimum Gasteiger partial charge on any atom is -0.327 e. The zero-order valence-corrected chi connectivity index (χ0v) is 9.29. The first-order chi connectivity index (χ1) is 6.11. The quantitative estimate of drug-likeness (QED) is 0.725. The molecule has 2 nitrogen and oxygen atoms in total. The van der Waals surface area contributed by atoms with Crippen LogP contribution >= 0.6 is 0 Å². The van der Waals surface area contributed by atoms with Gasteiger partial charge in [0.1, 0.15) is 0 Å². The molecule has 1 aliphatic rings. The van der Waals surface area contributed by atoms with Crippen LogP contribution in [0.4, 0.5) is 0 Å². The van der Waals surface area contributed by atoms with Crippen molar-refractivity contribution in [2.75, 3.05) is 13.1 Å². The van der Waals surface area contributed by atoms with Gasteiger partial charge >= 0.3 is 0 Å². The predicted octanol–water partition coefficient (Wildman–Crippen LogP) is 1.84. The summed E-state index contributed by atoms with van der Waals surface area (Å²) in [5.74, 6) is 0.777. The van der Waals surface area contributed by atoms with Gasteiger partial charge in [0, 0.05) is 18.6 Å². The minimum absolute atomic E-state index is 0.319. The van der Waals surface area contributed by atoms with E-state index in [0.29, 0.717) is 6.04 Å². The van der Waals surface area contributed by atoms with E-state index in [1.54, 1.807) is 0 Å². The van der Waals surface area contributed by atoms with Gasteiger partial charge in [0.25, 0.3) is 0 Å². The van der Waals surface area contributed by atoms with Crippen LogP contribution in [0.1, 0.15) is 40.0 Å². The number of piperidine rings is 1. The Balaban J connectivity index is 2.46. The second-order valence-electron chi connectivity index (χ2n) is 4.78. The summed E-state index contributed by atoms with van der Waals surface area (Å²) in [5, 5.41) is 0. The Morgan fingerprint density at radius 2 is 2.00 bits per heavy atom. The van der Waals surface area contributed by atoms with E-state index in [0.717, 1.165) is 18.5 Å². The number of rotatable bonds is 3. The summed E-state index contributed by atoms with van der Waals surface area (Å²) in [6.07, 6.45) is 4.12. The highest BCUT2D eigenvalue weighted by Gasteiger charge is 2.24. The van der Waals surface area contributed by atoms with Crippen molar-refractivity contribution in [3.63, 3.8) is 0 Å². The molecular formula is C11H24N2. The van der Waals surface area contributed by atoms with E-state index in [-0.39, 0.29) is 0 Å². The molecule has 2 heteroatoms. The first-order valence-corrected chi connectivity index (χ1v) is 5.61. The van der Waals surface area contributed by atoms with E-state index in [1.807, 2.05) is 0 Å². The van der Waals surface area contributed by atoms with E-state index < -0.39 is 0 Å². The molecule has 0 aliphatic carbocycles. The predicted molar refractivity (Wildman–Crippen MR) is 57.7 cm³/mol. The van der Waals surface area contributed by atoms with Gasteiger partial charge in [-0.05, 0) is 32.2 Å². The van der Waals surface area contributed by atoms with E-state index in [2.05, 4.69) is 25.7 Å². The molecule has 1 saturated heterocycles.